The van der Waals surface area contributed by atoms with E-state index < -0.39 is 6.04 Å². The van der Waals surface area contributed by atoms with Crippen LogP contribution >= 0.6 is 0 Å². The molecule has 3 aromatic rings. The molecular formula is C31H33FN2O3. The highest BCUT2D eigenvalue weighted by molar-refractivity contribution is 5.89. The molecule has 0 fully saturated rings. The summed E-state index contributed by atoms with van der Waals surface area (Å²) >= 11 is 0. The molecular weight excluding hydrogens is 467 g/mol. The minimum Gasteiger partial charge on any atom is -0.484 e. The van der Waals surface area contributed by atoms with Crippen molar-refractivity contribution in [3.63, 3.8) is 0 Å². The Labute approximate surface area is 218 Å². The van der Waals surface area contributed by atoms with Crippen LogP contribution in [0, 0.1) is 5.82 Å². The SMILES string of the molecule is O=C(NCCC1=CCCCC1)[C@@H](c1ccccc1)N(Cc1ccc(F)cc1)C(=O)COc1ccccc1. The molecule has 0 spiro atoms. The predicted octanol–water partition coefficient (Wildman–Crippen LogP) is 5.98. The first kappa shape index (κ1) is 26.1. The Bertz CT molecular complexity index is 1180. The molecule has 5 nitrogen and oxygen atoms in total. The first-order valence-corrected chi connectivity index (χ1v) is 12.8. The molecule has 3 aromatic carbocycles. The van der Waals surface area contributed by atoms with Gasteiger partial charge in [0, 0.05) is 13.1 Å². The van der Waals surface area contributed by atoms with Gasteiger partial charge in [-0.25, -0.2) is 4.39 Å². The van der Waals surface area contributed by atoms with Crippen molar-refractivity contribution < 1.29 is 18.7 Å². The second-order valence-corrected chi connectivity index (χ2v) is 9.21. The Morgan fingerprint density at radius 3 is 2.30 bits per heavy atom. The molecule has 2 amide bonds. The van der Waals surface area contributed by atoms with Crippen LogP contribution in [0.5, 0.6) is 5.75 Å². The van der Waals surface area contributed by atoms with Crippen LogP contribution in [-0.2, 0) is 16.1 Å². The Morgan fingerprint density at radius 2 is 1.62 bits per heavy atom. The molecule has 0 unspecified atom stereocenters. The summed E-state index contributed by atoms with van der Waals surface area (Å²) in [5.74, 6) is -0.382. The van der Waals surface area contributed by atoms with Gasteiger partial charge < -0.3 is 15.0 Å². The van der Waals surface area contributed by atoms with Crippen molar-refractivity contribution in [3.8, 4) is 5.75 Å². The Kier molecular flexibility index (Phi) is 9.47. The van der Waals surface area contributed by atoms with E-state index in [2.05, 4.69) is 11.4 Å². The lowest BCUT2D eigenvalue weighted by Gasteiger charge is -2.31. The zero-order chi connectivity index (χ0) is 25.9. The third-order valence-electron chi connectivity index (χ3n) is 6.50. The van der Waals surface area contributed by atoms with E-state index in [1.54, 1.807) is 24.3 Å². The molecule has 0 bridgehead atoms. The van der Waals surface area contributed by atoms with Gasteiger partial charge in [-0.15, -0.1) is 0 Å². The predicted molar refractivity (Wildman–Crippen MR) is 142 cm³/mol. The van der Waals surface area contributed by atoms with Gasteiger partial charge in [0.25, 0.3) is 5.91 Å². The highest BCUT2D eigenvalue weighted by Crippen LogP contribution is 2.25. The van der Waals surface area contributed by atoms with Crippen molar-refractivity contribution in [1.29, 1.82) is 0 Å². The number of ether oxygens (including phenoxy) is 1. The van der Waals surface area contributed by atoms with Crippen molar-refractivity contribution in [1.82, 2.24) is 10.2 Å². The molecule has 0 radical (unpaired) electrons. The van der Waals surface area contributed by atoms with Crippen LogP contribution in [0.3, 0.4) is 0 Å². The van der Waals surface area contributed by atoms with Crippen molar-refractivity contribution in [2.45, 2.75) is 44.7 Å². The topological polar surface area (TPSA) is 58.6 Å². The molecule has 6 heteroatoms. The fourth-order valence-electron chi connectivity index (χ4n) is 4.54. The minimum atomic E-state index is -0.863. The van der Waals surface area contributed by atoms with E-state index in [1.165, 1.54) is 35.4 Å². The lowest BCUT2D eigenvalue weighted by Crippen LogP contribution is -2.45. The zero-order valence-corrected chi connectivity index (χ0v) is 20.9. The molecule has 192 valence electrons. The van der Waals surface area contributed by atoms with E-state index >= 15 is 0 Å². The van der Waals surface area contributed by atoms with E-state index in [0.717, 1.165) is 24.8 Å². The first-order valence-electron chi connectivity index (χ1n) is 12.8. The molecule has 37 heavy (non-hydrogen) atoms. The van der Waals surface area contributed by atoms with Crippen molar-refractivity contribution in [2.24, 2.45) is 0 Å². The van der Waals surface area contributed by atoms with E-state index in [9.17, 15) is 14.0 Å². The van der Waals surface area contributed by atoms with Gasteiger partial charge in [-0.2, -0.15) is 0 Å². The zero-order valence-electron chi connectivity index (χ0n) is 20.9. The van der Waals surface area contributed by atoms with Crippen LogP contribution < -0.4 is 10.1 Å². The molecule has 0 aromatic heterocycles. The highest BCUT2D eigenvalue weighted by Gasteiger charge is 2.31. The number of carbonyl (C=O) groups excluding carboxylic acids is 2. The van der Waals surface area contributed by atoms with Crippen LogP contribution in [0.4, 0.5) is 4.39 Å². The number of hydrogen-bond donors (Lipinski definition) is 1. The summed E-state index contributed by atoms with van der Waals surface area (Å²) in [7, 11) is 0. The Morgan fingerprint density at radius 1 is 0.919 bits per heavy atom. The largest absolute Gasteiger partial charge is 0.484 e. The van der Waals surface area contributed by atoms with Gasteiger partial charge >= 0.3 is 0 Å². The van der Waals surface area contributed by atoms with Gasteiger partial charge in [-0.3, -0.25) is 9.59 Å². The number of benzene rings is 3. The van der Waals surface area contributed by atoms with E-state index in [4.69, 9.17) is 4.74 Å². The van der Waals surface area contributed by atoms with Crippen LogP contribution in [-0.4, -0.2) is 29.9 Å². The molecule has 0 heterocycles. The molecule has 1 atom stereocenters. The Balaban J connectivity index is 1.56. The maximum absolute atomic E-state index is 13.6. The number of para-hydroxylation sites is 1. The average molecular weight is 501 g/mol. The number of hydrogen-bond acceptors (Lipinski definition) is 3. The van der Waals surface area contributed by atoms with Gasteiger partial charge in [0.05, 0.1) is 0 Å². The summed E-state index contributed by atoms with van der Waals surface area (Å²) in [4.78, 5) is 28.7. The molecule has 4 rings (SSSR count). The summed E-state index contributed by atoms with van der Waals surface area (Å²) < 4.78 is 19.3. The second kappa shape index (κ2) is 13.4. The summed E-state index contributed by atoms with van der Waals surface area (Å²) in [5, 5.41) is 3.06. The lowest BCUT2D eigenvalue weighted by atomic mass is 9.97. The van der Waals surface area contributed by atoms with Crippen molar-refractivity contribution >= 4 is 11.8 Å². The maximum atomic E-state index is 13.6. The molecule has 0 saturated carbocycles. The van der Waals surface area contributed by atoms with Crippen molar-refractivity contribution in [3.05, 3.63) is 114 Å². The molecule has 1 N–H and O–H groups in total. The average Bonchev–Trinajstić information content (AvgIpc) is 2.94. The van der Waals surface area contributed by atoms with Crippen molar-refractivity contribution in [2.75, 3.05) is 13.2 Å². The highest BCUT2D eigenvalue weighted by atomic mass is 19.1. The van der Waals surface area contributed by atoms with Gasteiger partial charge in [-0.05, 0) is 67.5 Å². The summed E-state index contributed by atoms with van der Waals surface area (Å²) in [5.41, 5.74) is 2.79. The normalized spacial score (nSPS) is 13.8. The smallest absolute Gasteiger partial charge is 0.261 e. The molecule has 1 aliphatic rings. The van der Waals surface area contributed by atoms with E-state index in [0.29, 0.717) is 17.9 Å². The van der Waals surface area contributed by atoms with Crippen LogP contribution in [0.2, 0.25) is 0 Å². The third-order valence-corrected chi connectivity index (χ3v) is 6.50. The fourth-order valence-corrected chi connectivity index (χ4v) is 4.54. The number of carbonyl (C=O) groups is 2. The van der Waals surface area contributed by atoms with Gasteiger partial charge in [0.1, 0.15) is 17.6 Å². The number of nitrogens with zero attached hydrogens (tertiary/aromatic N) is 1. The number of amides is 2. The number of allylic oxidation sites excluding steroid dienone is 1. The molecule has 1 aliphatic carbocycles. The van der Waals surface area contributed by atoms with E-state index in [-0.39, 0.29) is 30.8 Å². The number of rotatable bonds is 11. The second-order valence-electron chi connectivity index (χ2n) is 9.21. The van der Waals surface area contributed by atoms with Crippen LogP contribution in [0.1, 0.15) is 49.3 Å². The maximum Gasteiger partial charge on any atom is 0.261 e. The third kappa shape index (κ3) is 7.78. The monoisotopic (exact) mass is 500 g/mol. The fraction of sp³-hybridized carbons (Fsp3) is 0.290. The lowest BCUT2D eigenvalue weighted by molar-refractivity contribution is -0.143. The first-order chi connectivity index (χ1) is 18.1. The van der Waals surface area contributed by atoms with E-state index in [1.807, 2.05) is 48.5 Å². The van der Waals surface area contributed by atoms with Crippen LogP contribution in [0.15, 0.2) is 96.6 Å². The van der Waals surface area contributed by atoms with Gasteiger partial charge in [0.2, 0.25) is 5.91 Å². The summed E-state index contributed by atoms with van der Waals surface area (Å²) in [6.07, 6.45) is 7.65. The quantitative estimate of drug-likeness (QED) is 0.330. The van der Waals surface area contributed by atoms with Gasteiger partial charge in [0.15, 0.2) is 6.61 Å². The molecule has 0 aliphatic heterocycles. The summed E-state index contributed by atoms with van der Waals surface area (Å²) in [6, 6.07) is 23.5. The standard InChI is InChI=1S/C31H33FN2O3/c32-27-18-16-25(17-19-27)22-34(29(35)23-37-28-14-8-3-9-15-28)30(26-12-6-2-7-13-26)31(36)33-21-20-24-10-4-1-5-11-24/h2-3,6-10,12-19,30H,1,4-5,11,20-23H2,(H,33,36)/t30-/m1/s1. The molecule has 0 saturated heterocycles. The summed E-state index contributed by atoms with van der Waals surface area (Å²) in [6.45, 7) is 0.414. The van der Waals surface area contributed by atoms with Crippen LogP contribution in [0.25, 0.3) is 0 Å². The number of halogens is 1. The number of nitrogens with one attached hydrogen (secondary N) is 1. The Hall–Kier alpha value is -3.93. The minimum absolute atomic E-state index is 0.134. The van der Waals surface area contributed by atoms with Gasteiger partial charge in [-0.1, -0.05) is 72.3 Å².